The summed E-state index contributed by atoms with van der Waals surface area (Å²) < 4.78 is 0.775. The lowest BCUT2D eigenvalue weighted by Crippen LogP contribution is -2.01. The quantitative estimate of drug-likeness (QED) is 0.798. The summed E-state index contributed by atoms with van der Waals surface area (Å²) in [6, 6.07) is 2.01. The van der Waals surface area contributed by atoms with Crippen LogP contribution >= 0.6 is 34.3 Å². The van der Waals surface area contributed by atoms with Crippen LogP contribution in [0, 0.1) is 6.92 Å². The molecule has 0 spiro atoms. The van der Waals surface area contributed by atoms with E-state index in [0.29, 0.717) is 0 Å². The van der Waals surface area contributed by atoms with E-state index in [9.17, 15) is 4.79 Å². The van der Waals surface area contributed by atoms with Gasteiger partial charge in [0.25, 0.3) is 0 Å². The van der Waals surface area contributed by atoms with Crippen molar-refractivity contribution in [1.82, 2.24) is 0 Å². The first-order valence-corrected chi connectivity index (χ1v) is 7.75. The second-order valence-corrected chi connectivity index (χ2v) is 6.49. The van der Waals surface area contributed by atoms with Gasteiger partial charge < -0.3 is 5.32 Å². The van der Waals surface area contributed by atoms with E-state index in [1.807, 2.05) is 25.3 Å². The fourth-order valence-electron chi connectivity index (χ4n) is 1.94. The lowest BCUT2D eigenvalue weighted by molar-refractivity contribution is 0.101. The Balaban J connectivity index is 2.60. The molecule has 2 nitrogen and oxygen atoms in total. The molecular weight excluding hydrogens is 286 g/mol. The van der Waals surface area contributed by atoms with Crippen LogP contribution in [0.4, 0.5) is 5.00 Å². The number of Topliss-reactive ketones (excluding diaryl/α,β-unsaturated/α-hetero) is 1. The number of nitrogens with one attached hydrogen (secondary N) is 1. The van der Waals surface area contributed by atoms with Crippen LogP contribution in [0.15, 0.2) is 11.4 Å². The number of thiophene rings is 2. The van der Waals surface area contributed by atoms with Crippen molar-refractivity contribution in [1.29, 1.82) is 0 Å². The Kier molecular flexibility index (Phi) is 4.10. The van der Waals surface area contributed by atoms with Crippen molar-refractivity contribution in [3.05, 3.63) is 26.9 Å². The Hall–Kier alpha value is -0.840. The van der Waals surface area contributed by atoms with Crippen molar-refractivity contribution in [3.8, 4) is 10.4 Å². The first kappa shape index (κ1) is 13.6. The van der Waals surface area contributed by atoms with Gasteiger partial charge in [-0.3, -0.25) is 4.79 Å². The fraction of sp³-hybridized carbons (Fsp3) is 0.308. The van der Waals surface area contributed by atoms with Crippen molar-refractivity contribution >= 4 is 45.1 Å². The molecule has 5 heteroatoms. The molecule has 2 aromatic rings. The highest BCUT2D eigenvalue weighted by Gasteiger charge is 2.20. The minimum absolute atomic E-state index is 0.0947. The topological polar surface area (TPSA) is 29.1 Å². The molecule has 2 heterocycles. The van der Waals surface area contributed by atoms with Gasteiger partial charge in [-0.25, -0.2) is 0 Å². The van der Waals surface area contributed by atoms with Gasteiger partial charge in [-0.05, 0) is 37.8 Å². The smallest absolute Gasteiger partial charge is 0.163 e. The third-order valence-electron chi connectivity index (χ3n) is 2.70. The fourth-order valence-corrected chi connectivity index (χ4v) is 4.34. The highest BCUT2D eigenvalue weighted by atomic mass is 35.5. The zero-order valence-corrected chi connectivity index (χ0v) is 12.9. The first-order valence-electron chi connectivity index (χ1n) is 5.67. The number of ketones is 1. The van der Waals surface area contributed by atoms with Gasteiger partial charge in [0, 0.05) is 17.0 Å². The average Bonchev–Trinajstić information content (AvgIpc) is 2.83. The Morgan fingerprint density at radius 1 is 1.50 bits per heavy atom. The number of hydrogen-bond donors (Lipinski definition) is 1. The van der Waals surface area contributed by atoms with Gasteiger partial charge in [0.15, 0.2) is 5.78 Å². The maximum atomic E-state index is 11.8. The lowest BCUT2D eigenvalue weighted by Gasteiger charge is -2.02. The van der Waals surface area contributed by atoms with Crippen LogP contribution in [0.5, 0.6) is 0 Å². The second-order valence-electron chi connectivity index (χ2n) is 3.95. The summed E-state index contributed by atoms with van der Waals surface area (Å²) in [5.74, 6) is 0.0947. The van der Waals surface area contributed by atoms with Gasteiger partial charge in [0.05, 0.1) is 5.56 Å². The first-order chi connectivity index (χ1) is 8.56. The highest BCUT2D eigenvalue weighted by molar-refractivity contribution is 7.21. The van der Waals surface area contributed by atoms with E-state index in [4.69, 9.17) is 11.6 Å². The van der Waals surface area contributed by atoms with E-state index >= 15 is 0 Å². The summed E-state index contributed by atoms with van der Waals surface area (Å²) in [5, 5.41) is 6.17. The Morgan fingerprint density at radius 2 is 2.22 bits per heavy atom. The lowest BCUT2D eigenvalue weighted by atomic mass is 10.1. The normalized spacial score (nSPS) is 10.7. The third-order valence-corrected chi connectivity index (χ3v) is 5.15. The number of carbonyl (C=O) groups excluding carboxylic acids is 1. The van der Waals surface area contributed by atoms with Crippen LogP contribution in [-0.2, 0) is 0 Å². The SMILES string of the molecule is CCNc1sc(-c2ccsc2Cl)c(C)c1C(C)=O. The van der Waals surface area contributed by atoms with Gasteiger partial charge in [-0.1, -0.05) is 11.6 Å². The number of anilines is 1. The maximum Gasteiger partial charge on any atom is 0.163 e. The Morgan fingerprint density at radius 3 is 2.72 bits per heavy atom. The van der Waals surface area contributed by atoms with Crippen molar-refractivity contribution in [2.24, 2.45) is 0 Å². The number of hydrogen-bond acceptors (Lipinski definition) is 4. The van der Waals surface area contributed by atoms with E-state index in [2.05, 4.69) is 5.32 Å². The summed E-state index contributed by atoms with van der Waals surface area (Å²) >= 11 is 9.30. The molecule has 0 aliphatic rings. The minimum atomic E-state index is 0.0947. The van der Waals surface area contributed by atoms with Crippen LogP contribution in [0.25, 0.3) is 10.4 Å². The molecule has 0 saturated carbocycles. The predicted octanol–water partition coefficient (Wildman–Crippen LogP) is 5.07. The van der Waals surface area contributed by atoms with E-state index < -0.39 is 0 Å². The molecule has 2 rings (SSSR count). The van der Waals surface area contributed by atoms with Crippen LogP contribution < -0.4 is 5.32 Å². The molecular formula is C13H14ClNOS2. The molecule has 96 valence electrons. The van der Waals surface area contributed by atoms with Gasteiger partial charge >= 0.3 is 0 Å². The summed E-state index contributed by atoms with van der Waals surface area (Å²) in [6.45, 7) is 6.42. The third kappa shape index (κ3) is 2.32. The molecule has 0 bridgehead atoms. The molecule has 0 atom stereocenters. The zero-order valence-electron chi connectivity index (χ0n) is 10.5. The number of halogens is 1. The van der Waals surface area contributed by atoms with Crippen molar-refractivity contribution in [3.63, 3.8) is 0 Å². The zero-order chi connectivity index (χ0) is 13.3. The largest absolute Gasteiger partial charge is 0.377 e. The van der Waals surface area contributed by atoms with Crippen molar-refractivity contribution in [2.45, 2.75) is 20.8 Å². The van der Waals surface area contributed by atoms with Gasteiger partial charge in [0.1, 0.15) is 9.34 Å². The van der Waals surface area contributed by atoms with E-state index in [-0.39, 0.29) is 5.78 Å². The standard InChI is InChI=1S/C13H14ClNOS2/c1-4-15-13-10(8(3)16)7(2)11(18-13)9-5-6-17-12(9)14/h5-6,15H,4H2,1-3H3. The monoisotopic (exact) mass is 299 g/mol. The molecule has 0 saturated heterocycles. The van der Waals surface area contributed by atoms with Crippen molar-refractivity contribution in [2.75, 3.05) is 11.9 Å². The molecule has 0 radical (unpaired) electrons. The summed E-state index contributed by atoms with van der Waals surface area (Å²) in [6.07, 6.45) is 0. The Bertz CT molecular complexity index is 586. The molecule has 0 unspecified atom stereocenters. The van der Waals surface area contributed by atoms with E-state index in [1.54, 1.807) is 18.3 Å². The molecule has 18 heavy (non-hydrogen) atoms. The summed E-state index contributed by atoms with van der Waals surface area (Å²) in [7, 11) is 0. The van der Waals surface area contributed by atoms with Crippen LogP contribution in [0.3, 0.4) is 0 Å². The van der Waals surface area contributed by atoms with Gasteiger partial charge in [0.2, 0.25) is 0 Å². The molecule has 2 aromatic heterocycles. The average molecular weight is 300 g/mol. The minimum Gasteiger partial charge on any atom is -0.377 e. The molecule has 0 aromatic carbocycles. The van der Waals surface area contributed by atoms with Crippen molar-refractivity contribution < 1.29 is 4.79 Å². The van der Waals surface area contributed by atoms with Crippen LogP contribution in [-0.4, -0.2) is 12.3 Å². The van der Waals surface area contributed by atoms with E-state index in [1.165, 1.54) is 11.3 Å². The highest BCUT2D eigenvalue weighted by Crippen LogP contribution is 2.44. The van der Waals surface area contributed by atoms with Gasteiger partial charge in [-0.2, -0.15) is 0 Å². The maximum absolute atomic E-state index is 11.8. The number of rotatable bonds is 4. The molecule has 0 amide bonds. The van der Waals surface area contributed by atoms with Crippen LogP contribution in [0.2, 0.25) is 4.34 Å². The molecule has 1 N–H and O–H groups in total. The molecule has 0 fully saturated rings. The molecule has 0 aliphatic carbocycles. The second kappa shape index (κ2) is 5.43. The summed E-state index contributed by atoms with van der Waals surface area (Å²) in [5.41, 5.74) is 2.83. The Labute approximate surface area is 120 Å². The van der Waals surface area contributed by atoms with Crippen LogP contribution in [0.1, 0.15) is 29.8 Å². The number of carbonyl (C=O) groups is 1. The van der Waals surface area contributed by atoms with Gasteiger partial charge in [-0.15, -0.1) is 22.7 Å². The predicted molar refractivity (Wildman–Crippen MR) is 81.5 cm³/mol. The summed E-state index contributed by atoms with van der Waals surface area (Å²) in [4.78, 5) is 12.9. The van der Waals surface area contributed by atoms with E-state index in [0.717, 1.165) is 37.4 Å². The molecule has 0 aliphatic heterocycles.